The van der Waals surface area contributed by atoms with E-state index in [0.717, 1.165) is 32.1 Å². The second-order valence-electron chi connectivity index (χ2n) is 5.52. The van der Waals surface area contributed by atoms with Crippen LogP contribution in [-0.2, 0) is 14.9 Å². The molecule has 0 bridgehead atoms. The van der Waals surface area contributed by atoms with E-state index in [1.165, 1.54) is 0 Å². The summed E-state index contributed by atoms with van der Waals surface area (Å²) in [6.07, 6.45) is 4.43. The van der Waals surface area contributed by atoms with Crippen molar-refractivity contribution in [3.05, 3.63) is 0 Å². The summed E-state index contributed by atoms with van der Waals surface area (Å²) in [7, 11) is -8.04. The molecular formula is C13H24F3O4S2+. The molecule has 1 aliphatic rings. The van der Waals surface area contributed by atoms with E-state index in [2.05, 4.69) is 3.63 Å². The number of hydrogen-bond donors (Lipinski definition) is 0. The molecule has 0 aromatic rings. The highest BCUT2D eigenvalue weighted by Crippen LogP contribution is 2.50. The van der Waals surface area contributed by atoms with E-state index in [1.54, 1.807) is 13.8 Å². The van der Waals surface area contributed by atoms with Gasteiger partial charge in [0.05, 0.1) is 5.75 Å². The van der Waals surface area contributed by atoms with Crippen LogP contribution in [-0.4, -0.2) is 40.6 Å². The van der Waals surface area contributed by atoms with Crippen molar-refractivity contribution in [3.8, 4) is 0 Å². The van der Waals surface area contributed by atoms with Crippen molar-refractivity contribution in [1.29, 1.82) is 0 Å². The second kappa shape index (κ2) is 7.53. The van der Waals surface area contributed by atoms with Crippen LogP contribution in [0.3, 0.4) is 0 Å². The van der Waals surface area contributed by atoms with Gasteiger partial charge in [0.1, 0.15) is 0 Å². The van der Waals surface area contributed by atoms with Crippen LogP contribution in [0.25, 0.3) is 0 Å². The molecule has 0 atom stereocenters. The van der Waals surface area contributed by atoms with Crippen LogP contribution in [0.4, 0.5) is 13.2 Å². The lowest BCUT2D eigenvalue weighted by molar-refractivity contribution is -0.121. The summed E-state index contributed by atoms with van der Waals surface area (Å²) < 4.78 is 63.6. The van der Waals surface area contributed by atoms with Crippen LogP contribution < -0.4 is 0 Å². The van der Waals surface area contributed by atoms with E-state index in [9.17, 15) is 26.4 Å². The molecule has 1 fully saturated rings. The first-order chi connectivity index (χ1) is 10.1. The van der Waals surface area contributed by atoms with Crippen LogP contribution in [0.5, 0.6) is 0 Å². The Labute approximate surface area is 131 Å². The first-order valence-corrected chi connectivity index (χ1v) is 10.9. The molecular weight excluding hydrogens is 341 g/mol. The third-order valence-corrected chi connectivity index (χ3v) is 9.70. The van der Waals surface area contributed by atoms with Crippen LogP contribution >= 0.6 is 10.3 Å². The number of Topliss-reactive ketones (excluding diaryl/α,β-unsaturated/α-hetero) is 1. The second-order valence-corrected chi connectivity index (χ2v) is 11.0. The highest BCUT2D eigenvalue weighted by molar-refractivity contribution is 8.32. The van der Waals surface area contributed by atoms with Gasteiger partial charge in [-0.25, -0.2) is 0 Å². The Morgan fingerprint density at radius 3 is 2.00 bits per heavy atom. The summed E-state index contributed by atoms with van der Waals surface area (Å²) in [5.41, 5.74) is -5.40. The molecule has 0 aromatic heterocycles. The fraction of sp³-hybridized carbons (Fsp3) is 0.923. The lowest BCUT2D eigenvalue weighted by Crippen LogP contribution is -2.35. The van der Waals surface area contributed by atoms with Crippen LogP contribution in [0.15, 0.2) is 0 Å². The summed E-state index contributed by atoms with van der Waals surface area (Å²) in [6.45, 7) is 3.20. The van der Waals surface area contributed by atoms with E-state index >= 15 is 0 Å². The zero-order valence-electron chi connectivity index (χ0n) is 12.9. The van der Waals surface area contributed by atoms with Crippen LogP contribution in [0.1, 0.15) is 46.0 Å². The van der Waals surface area contributed by atoms with Gasteiger partial charge in [0.15, 0.2) is 5.78 Å². The molecule has 1 saturated carbocycles. The SMILES string of the molecule is CCS(CC)(CC(=O)C1CCCCC1)[OH+]S(=O)(=O)C(F)(F)F. The van der Waals surface area contributed by atoms with E-state index in [4.69, 9.17) is 0 Å². The van der Waals surface area contributed by atoms with E-state index in [0.29, 0.717) is 0 Å². The molecule has 0 aliphatic heterocycles. The van der Waals surface area contributed by atoms with Crippen molar-refractivity contribution >= 4 is 26.2 Å². The van der Waals surface area contributed by atoms with Gasteiger partial charge in [0.25, 0.3) is 0 Å². The monoisotopic (exact) mass is 365 g/mol. The van der Waals surface area contributed by atoms with Gasteiger partial charge in [0, 0.05) is 17.4 Å². The predicted molar refractivity (Wildman–Crippen MR) is 82.7 cm³/mol. The molecule has 4 nitrogen and oxygen atoms in total. The van der Waals surface area contributed by atoms with Gasteiger partial charge in [0.2, 0.25) is 0 Å². The minimum absolute atomic E-state index is 0.125. The molecule has 0 radical (unpaired) electrons. The molecule has 0 heterocycles. The molecule has 1 aliphatic carbocycles. The van der Waals surface area contributed by atoms with Gasteiger partial charge in [-0.2, -0.15) is 13.2 Å². The van der Waals surface area contributed by atoms with Crippen molar-refractivity contribution < 1.29 is 30.0 Å². The molecule has 1 rings (SSSR count). The number of carbonyl (C=O) groups is 1. The first kappa shape index (κ1) is 19.8. The van der Waals surface area contributed by atoms with Crippen molar-refractivity contribution in [2.45, 2.75) is 51.5 Å². The van der Waals surface area contributed by atoms with Crippen molar-refractivity contribution in [2.75, 3.05) is 17.3 Å². The Morgan fingerprint density at radius 2 is 1.59 bits per heavy atom. The van der Waals surface area contributed by atoms with E-state index < -0.39 is 25.9 Å². The molecule has 22 heavy (non-hydrogen) atoms. The van der Waals surface area contributed by atoms with Gasteiger partial charge < -0.3 is 0 Å². The topological polar surface area (TPSA) is 64.0 Å². The quantitative estimate of drug-likeness (QED) is 0.391. The van der Waals surface area contributed by atoms with Crippen molar-refractivity contribution in [2.24, 2.45) is 5.92 Å². The number of halogens is 3. The molecule has 0 spiro atoms. The zero-order chi connectivity index (χ0) is 17.0. The van der Waals surface area contributed by atoms with Gasteiger partial charge in [-0.05, 0) is 23.2 Å². The number of alkyl halides is 3. The molecule has 0 saturated heterocycles. The maximum absolute atomic E-state index is 12.6. The minimum Gasteiger partial charge on any atom is -0.298 e. The summed E-state index contributed by atoms with van der Waals surface area (Å²) in [5, 5.41) is 0. The van der Waals surface area contributed by atoms with Crippen LogP contribution in [0.2, 0.25) is 0 Å². The molecule has 0 aromatic carbocycles. The highest BCUT2D eigenvalue weighted by atomic mass is 32.3. The normalized spacial score (nSPS) is 19.1. The number of carbonyl (C=O) groups excluding carboxylic acids is 1. The fourth-order valence-corrected chi connectivity index (χ4v) is 7.24. The third-order valence-electron chi connectivity index (χ3n) is 4.09. The number of ketones is 1. The summed E-state index contributed by atoms with van der Waals surface area (Å²) in [5.74, 6) is -0.101. The Balaban J connectivity index is 2.89. The standard InChI is InChI=1S/C13H23F3O4S2/c1-3-21(4-2,20-22(18,19)13(14,15)16)10-12(17)11-8-6-5-7-9-11/h11H,3-10H2,1-2H3/p+1. The van der Waals surface area contributed by atoms with Gasteiger partial charge in [-0.1, -0.05) is 33.1 Å². The average Bonchev–Trinajstić information content (AvgIpc) is 2.46. The Morgan fingerprint density at radius 1 is 1.09 bits per heavy atom. The largest absolute Gasteiger partial charge is 0.572 e. The lowest BCUT2D eigenvalue weighted by Gasteiger charge is -2.33. The molecule has 0 unspecified atom stereocenters. The fourth-order valence-electron chi connectivity index (χ4n) is 2.60. The zero-order valence-corrected chi connectivity index (χ0v) is 14.5. The molecule has 1 N–H and O–H groups in total. The van der Waals surface area contributed by atoms with Gasteiger partial charge >= 0.3 is 15.6 Å². The maximum atomic E-state index is 12.6. The average molecular weight is 365 g/mol. The summed E-state index contributed by atoms with van der Waals surface area (Å²) in [6, 6.07) is 0. The first-order valence-electron chi connectivity index (χ1n) is 7.41. The summed E-state index contributed by atoms with van der Waals surface area (Å²) >= 11 is 0. The lowest BCUT2D eigenvalue weighted by atomic mass is 9.87. The molecule has 132 valence electrons. The Bertz CT molecular complexity index is 478. The molecule has 9 heteroatoms. The Hall–Kier alpha value is -0.280. The predicted octanol–water partition coefficient (Wildman–Crippen LogP) is 3.84. The minimum atomic E-state index is -5.55. The van der Waals surface area contributed by atoms with Gasteiger partial charge in [-0.15, -0.1) is 8.42 Å². The van der Waals surface area contributed by atoms with Crippen molar-refractivity contribution in [3.63, 3.8) is 0 Å². The highest BCUT2D eigenvalue weighted by Gasteiger charge is 2.56. The van der Waals surface area contributed by atoms with Gasteiger partial charge in [-0.3, -0.25) is 8.42 Å². The number of hydrogen-bond acceptors (Lipinski definition) is 3. The smallest absolute Gasteiger partial charge is 0.298 e. The van der Waals surface area contributed by atoms with Crippen molar-refractivity contribution in [1.82, 2.24) is 0 Å². The number of rotatable bonds is 7. The maximum Gasteiger partial charge on any atom is 0.572 e. The van der Waals surface area contributed by atoms with E-state index in [-0.39, 0.29) is 29.0 Å². The summed E-state index contributed by atoms with van der Waals surface area (Å²) in [4.78, 5) is 12.4. The molecule has 0 amide bonds. The Kier molecular flexibility index (Phi) is 6.76. The van der Waals surface area contributed by atoms with Crippen LogP contribution in [0, 0.1) is 5.92 Å². The van der Waals surface area contributed by atoms with E-state index in [1.807, 2.05) is 0 Å². The third kappa shape index (κ3) is 4.86.